The molecular formula is C25H34N4O3S. The number of hydrogen-bond acceptors (Lipinski definition) is 5. The van der Waals surface area contributed by atoms with Gasteiger partial charge >= 0.3 is 0 Å². The van der Waals surface area contributed by atoms with E-state index in [0.717, 1.165) is 63.2 Å². The van der Waals surface area contributed by atoms with Gasteiger partial charge in [-0.2, -0.15) is 4.31 Å². The Labute approximate surface area is 197 Å². The highest BCUT2D eigenvalue weighted by Crippen LogP contribution is 2.32. The maximum absolute atomic E-state index is 13.3. The molecule has 0 saturated carbocycles. The van der Waals surface area contributed by atoms with Crippen molar-refractivity contribution in [2.45, 2.75) is 38.0 Å². The van der Waals surface area contributed by atoms with Gasteiger partial charge in [-0.05, 0) is 56.6 Å². The van der Waals surface area contributed by atoms with Crippen molar-refractivity contribution in [1.29, 1.82) is 0 Å². The summed E-state index contributed by atoms with van der Waals surface area (Å²) in [7, 11) is -3.60. The van der Waals surface area contributed by atoms with E-state index in [1.54, 1.807) is 28.6 Å². The summed E-state index contributed by atoms with van der Waals surface area (Å²) < 4.78 is 28.2. The van der Waals surface area contributed by atoms with Crippen LogP contribution in [0.15, 0.2) is 47.4 Å². The molecule has 0 unspecified atom stereocenters. The number of carbonyl (C=O) groups is 1. The first-order valence-electron chi connectivity index (χ1n) is 11.9. The topological polar surface area (TPSA) is 73.0 Å². The predicted molar refractivity (Wildman–Crippen MR) is 133 cm³/mol. The van der Waals surface area contributed by atoms with Crippen LogP contribution in [0.1, 0.15) is 42.1 Å². The molecule has 0 spiro atoms. The van der Waals surface area contributed by atoms with Crippen LogP contribution in [-0.4, -0.2) is 69.3 Å². The first kappa shape index (κ1) is 23.7. The Morgan fingerprint density at radius 1 is 0.909 bits per heavy atom. The molecular weight excluding hydrogens is 436 g/mol. The number of piperazine rings is 1. The molecule has 2 saturated heterocycles. The third kappa shape index (κ3) is 5.39. The van der Waals surface area contributed by atoms with Gasteiger partial charge in [-0.3, -0.25) is 4.79 Å². The molecule has 0 atom stereocenters. The molecule has 33 heavy (non-hydrogen) atoms. The van der Waals surface area contributed by atoms with Gasteiger partial charge in [0.15, 0.2) is 0 Å². The summed E-state index contributed by atoms with van der Waals surface area (Å²) in [5.41, 5.74) is 3.04. The van der Waals surface area contributed by atoms with Crippen LogP contribution >= 0.6 is 0 Å². The van der Waals surface area contributed by atoms with E-state index in [2.05, 4.69) is 22.0 Å². The largest absolute Gasteiger partial charge is 0.367 e. The fourth-order valence-corrected chi connectivity index (χ4v) is 6.05. The number of carbonyl (C=O) groups excluding carboxylic acids is 1. The van der Waals surface area contributed by atoms with E-state index >= 15 is 0 Å². The van der Waals surface area contributed by atoms with Crippen LogP contribution in [-0.2, 0) is 10.0 Å². The summed E-state index contributed by atoms with van der Waals surface area (Å²) >= 11 is 0. The molecule has 0 aromatic heterocycles. The summed E-state index contributed by atoms with van der Waals surface area (Å²) in [6.07, 6.45) is 2.83. The third-order valence-corrected chi connectivity index (χ3v) is 8.54. The van der Waals surface area contributed by atoms with Gasteiger partial charge in [0.1, 0.15) is 0 Å². The fraction of sp³-hybridized carbons (Fsp3) is 0.480. The average molecular weight is 471 g/mol. The van der Waals surface area contributed by atoms with Crippen molar-refractivity contribution in [3.63, 3.8) is 0 Å². The first-order valence-corrected chi connectivity index (χ1v) is 13.3. The first-order chi connectivity index (χ1) is 15.9. The van der Waals surface area contributed by atoms with Crippen LogP contribution < -0.4 is 10.2 Å². The number of aryl methyl sites for hydroxylation is 1. The number of likely N-dealkylation sites (N-methyl/N-ethyl adjacent to an activating group) is 1. The minimum atomic E-state index is -3.60. The van der Waals surface area contributed by atoms with E-state index in [1.807, 2.05) is 25.1 Å². The highest BCUT2D eigenvalue weighted by atomic mass is 32.2. The molecule has 2 aromatic carbocycles. The maximum Gasteiger partial charge on any atom is 0.255 e. The molecule has 2 fully saturated rings. The molecule has 2 heterocycles. The number of rotatable bonds is 6. The highest BCUT2D eigenvalue weighted by molar-refractivity contribution is 7.89. The molecule has 2 aromatic rings. The number of amides is 1. The Hall–Kier alpha value is -2.42. The van der Waals surface area contributed by atoms with Gasteiger partial charge in [0.25, 0.3) is 5.91 Å². The van der Waals surface area contributed by atoms with Gasteiger partial charge in [0, 0.05) is 44.8 Å². The van der Waals surface area contributed by atoms with Gasteiger partial charge in [-0.25, -0.2) is 8.42 Å². The number of nitrogens with one attached hydrogen (secondary N) is 1. The van der Waals surface area contributed by atoms with Crippen LogP contribution in [0.5, 0.6) is 0 Å². The number of nitrogens with zero attached hydrogens (tertiary/aromatic N) is 3. The van der Waals surface area contributed by atoms with Crippen LogP contribution in [0.3, 0.4) is 0 Å². The predicted octanol–water partition coefficient (Wildman–Crippen LogP) is 3.56. The number of piperidine rings is 1. The molecule has 0 aliphatic carbocycles. The van der Waals surface area contributed by atoms with E-state index in [4.69, 9.17) is 0 Å². The van der Waals surface area contributed by atoms with E-state index in [-0.39, 0.29) is 10.8 Å². The molecule has 8 heteroatoms. The van der Waals surface area contributed by atoms with Gasteiger partial charge in [0.2, 0.25) is 10.0 Å². The van der Waals surface area contributed by atoms with Crippen molar-refractivity contribution in [2.24, 2.45) is 0 Å². The summed E-state index contributed by atoms with van der Waals surface area (Å²) in [6, 6.07) is 12.6. The lowest BCUT2D eigenvalue weighted by molar-refractivity contribution is 0.102. The van der Waals surface area contributed by atoms with Crippen LogP contribution in [0.2, 0.25) is 0 Å². The zero-order valence-corrected chi connectivity index (χ0v) is 20.4. The molecule has 2 aliphatic rings. The second-order valence-corrected chi connectivity index (χ2v) is 10.8. The summed E-state index contributed by atoms with van der Waals surface area (Å²) in [4.78, 5) is 17.9. The summed E-state index contributed by atoms with van der Waals surface area (Å²) in [6.45, 7) is 9.79. The van der Waals surface area contributed by atoms with E-state index in [9.17, 15) is 13.2 Å². The SMILES string of the molecule is CCN1CCN(c2ccc(S(=O)(=O)N3CCCCC3)cc2NC(=O)c2ccc(C)cc2)CC1. The van der Waals surface area contributed by atoms with Crippen LogP contribution in [0, 0.1) is 6.92 Å². The monoisotopic (exact) mass is 470 g/mol. The summed E-state index contributed by atoms with van der Waals surface area (Å²) in [5, 5.41) is 3.01. The number of sulfonamides is 1. The number of benzene rings is 2. The molecule has 178 valence electrons. The second kappa shape index (κ2) is 10.2. The molecule has 0 radical (unpaired) electrons. The Balaban J connectivity index is 1.66. The lowest BCUT2D eigenvalue weighted by Gasteiger charge is -2.36. The van der Waals surface area contributed by atoms with Crippen LogP contribution in [0.25, 0.3) is 0 Å². The Morgan fingerprint density at radius 2 is 1.58 bits per heavy atom. The van der Waals surface area contributed by atoms with E-state index in [0.29, 0.717) is 24.3 Å². The summed E-state index contributed by atoms with van der Waals surface area (Å²) in [5.74, 6) is -0.240. The Bertz CT molecular complexity index is 1070. The van der Waals surface area contributed by atoms with Crippen molar-refractivity contribution in [3.8, 4) is 0 Å². The van der Waals surface area contributed by atoms with Crippen molar-refractivity contribution in [1.82, 2.24) is 9.21 Å². The number of anilines is 2. The van der Waals surface area contributed by atoms with Crippen molar-refractivity contribution < 1.29 is 13.2 Å². The normalized spacial score (nSPS) is 18.3. The standard InChI is InChI=1S/C25H34N4O3S/c1-3-27-15-17-28(18-16-27)24-12-11-22(33(31,32)29-13-5-4-6-14-29)19-23(24)26-25(30)21-9-7-20(2)8-10-21/h7-12,19H,3-6,13-18H2,1-2H3,(H,26,30). The highest BCUT2D eigenvalue weighted by Gasteiger charge is 2.28. The molecule has 7 nitrogen and oxygen atoms in total. The lowest BCUT2D eigenvalue weighted by Crippen LogP contribution is -2.46. The maximum atomic E-state index is 13.3. The Kier molecular flexibility index (Phi) is 7.36. The molecule has 4 rings (SSSR count). The van der Waals surface area contributed by atoms with Gasteiger partial charge in [-0.1, -0.05) is 31.0 Å². The molecule has 0 bridgehead atoms. The minimum Gasteiger partial charge on any atom is -0.367 e. The zero-order chi connectivity index (χ0) is 23.4. The van der Waals surface area contributed by atoms with E-state index in [1.165, 1.54) is 0 Å². The van der Waals surface area contributed by atoms with Crippen molar-refractivity contribution >= 4 is 27.3 Å². The van der Waals surface area contributed by atoms with Gasteiger partial charge in [-0.15, -0.1) is 0 Å². The van der Waals surface area contributed by atoms with Gasteiger partial charge < -0.3 is 15.1 Å². The molecule has 2 aliphatic heterocycles. The van der Waals surface area contributed by atoms with Crippen molar-refractivity contribution in [3.05, 3.63) is 53.6 Å². The fourth-order valence-electron chi connectivity index (χ4n) is 4.51. The Morgan fingerprint density at radius 3 is 2.21 bits per heavy atom. The average Bonchev–Trinajstić information content (AvgIpc) is 2.85. The number of hydrogen-bond donors (Lipinski definition) is 1. The van der Waals surface area contributed by atoms with Crippen LogP contribution in [0.4, 0.5) is 11.4 Å². The van der Waals surface area contributed by atoms with Crippen molar-refractivity contribution in [2.75, 3.05) is 56.0 Å². The minimum absolute atomic E-state index is 0.236. The molecule has 1 N–H and O–H groups in total. The van der Waals surface area contributed by atoms with E-state index < -0.39 is 10.0 Å². The zero-order valence-electron chi connectivity index (χ0n) is 19.6. The van der Waals surface area contributed by atoms with Gasteiger partial charge in [0.05, 0.1) is 16.3 Å². The quantitative estimate of drug-likeness (QED) is 0.699. The lowest BCUT2D eigenvalue weighted by atomic mass is 10.1. The second-order valence-electron chi connectivity index (χ2n) is 8.89. The molecule has 1 amide bonds. The smallest absolute Gasteiger partial charge is 0.255 e. The third-order valence-electron chi connectivity index (χ3n) is 6.64.